The summed E-state index contributed by atoms with van der Waals surface area (Å²) in [7, 11) is 0. The molecule has 0 bridgehead atoms. The maximum atomic E-state index is 12.4. The zero-order valence-electron chi connectivity index (χ0n) is 15.1. The number of rotatable bonds is 5. The molecule has 0 saturated heterocycles. The summed E-state index contributed by atoms with van der Waals surface area (Å²) in [5.74, 6) is 0.462. The van der Waals surface area contributed by atoms with Crippen molar-refractivity contribution in [2.24, 2.45) is 0 Å². The number of amides is 1. The topological polar surface area (TPSA) is 94.4 Å². The van der Waals surface area contributed by atoms with Crippen molar-refractivity contribution in [3.63, 3.8) is 0 Å². The monoisotopic (exact) mass is 397 g/mol. The molecule has 3 rings (SSSR count). The second-order valence-electron chi connectivity index (χ2n) is 6.11. The van der Waals surface area contributed by atoms with Gasteiger partial charge in [0.25, 0.3) is 11.6 Å². The van der Waals surface area contributed by atoms with Crippen molar-refractivity contribution >= 4 is 28.9 Å². The Hall–Kier alpha value is -3.45. The summed E-state index contributed by atoms with van der Waals surface area (Å²) in [5, 5.41) is 13.6. The average molecular weight is 398 g/mol. The highest BCUT2D eigenvalue weighted by Crippen LogP contribution is 2.25. The molecule has 2 aromatic carbocycles. The van der Waals surface area contributed by atoms with Gasteiger partial charge in [-0.15, -0.1) is 0 Å². The van der Waals surface area contributed by atoms with Crippen LogP contribution in [0.1, 0.15) is 21.5 Å². The molecule has 0 aliphatic heterocycles. The van der Waals surface area contributed by atoms with Gasteiger partial charge in [0.2, 0.25) is 5.88 Å². The lowest BCUT2D eigenvalue weighted by Gasteiger charge is -2.09. The predicted octanol–water partition coefficient (Wildman–Crippen LogP) is 5.30. The first kappa shape index (κ1) is 19.3. The fourth-order valence-electron chi connectivity index (χ4n) is 2.41. The number of pyridine rings is 1. The van der Waals surface area contributed by atoms with Gasteiger partial charge in [0, 0.05) is 18.2 Å². The first-order valence-electron chi connectivity index (χ1n) is 8.30. The van der Waals surface area contributed by atoms with Crippen LogP contribution in [0.2, 0.25) is 5.02 Å². The molecule has 0 unspecified atom stereocenters. The number of nitrogens with zero attached hydrogens (tertiary/aromatic N) is 2. The van der Waals surface area contributed by atoms with Crippen molar-refractivity contribution in [3.05, 3.63) is 86.6 Å². The van der Waals surface area contributed by atoms with Gasteiger partial charge in [-0.05, 0) is 49.2 Å². The average Bonchev–Trinajstić information content (AvgIpc) is 2.66. The molecule has 1 aromatic heterocycles. The van der Waals surface area contributed by atoms with E-state index in [0.29, 0.717) is 17.3 Å². The second kappa shape index (κ2) is 8.06. The quantitative estimate of drug-likeness (QED) is 0.465. The van der Waals surface area contributed by atoms with Gasteiger partial charge in [-0.2, -0.15) is 0 Å². The van der Waals surface area contributed by atoms with Gasteiger partial charge in [-0.1, -0.05) is 17.7 Å². The lowest BCUT2D eigenvalue weighted by atomic mass is 10.1. The molecule has 1 heterocycles. The maximum Gasteiger partial charge on any atom is 0.270 e. The molecule has 1 amide bonds. The van der Waals surface area contributed by atoms with E-state index in [2.05, 4.69) is 10.3 Å². The molecule has 0 atom stereocenters. The number of hydrogen-bond acceptors (Lipinski definition) is 5. The minimum Gasteiger partial charge on any atom is -0.439 e. The Morgan fingerprint density at radius 1 is 1.11 bits per heavy atom. The Balaban J connectivity index is 1.72. The highest BCUT2D eigenvalue weighted by Gasteiger charge is 2.16. The standard InChI is InChI=1S/C20H16ClN3O4/c1-12-3-6-16(9-13(12)2)28-19-8-4-14(11-22-19)23-20(25)17-10-15(24(26)27)5-7-18(17)21/h3-11H,1-2H3,(H,23,25). The largest absolute Gasteiger partial charge is 0.439 e. The fraction of sp³-hybridized carbons (Fsp3) is 0.100. The summed E-state index contributed by atoms with van der Waals surface area (Å²) in [6, 6.07) is 12.6. The van der Waals surface area contributed by atoms with E-state index in [0.717, 1.165) is 17.2 Å². The third-order valence-electron chi connectivity index (χ3n) is 4.10. The fourth-order valence-corrected chi connectivity index (χ4v) is 2.62. The van der Waals surface area contributed by atoms with Gasteiger partial charge >= 0.3 is 0 Å². The minimum absolute atomic E-state index is 0.00586. The van der Waals surface area contributed by atoms with Crippen molar-refractivity contribution < 1.29 is 14.5 Å². The van der Waals surface area contributed by atoms with E-state index >= 15 is 0 Å². The number of aryl methyl sites for hydroxylation is 2. The van der Waals surface area contributed by atoms with E-state index in [9.17, 15) is 14.9 Å². The Labute approximate surface area is 166 Å². The van der Waals surface area contributed by atoms with Crippen molar-refractivity contribution in [1.29, 1.82) is 0 Å². The van der Waals surface area contributed by atoms with Crippen LogP contribution in [0.4, 0.5) is 11.4 Å². The van der Waals surface area contributed by atoms with Crippen LogP contribution in [0.3, 0.4) is 0 Å². The third-order valence-corrected chi connectivity index (χ3v) is 4.43. The molecule has 1 N–H and O–H groups in total. The number of nitro groups is 1. The van der Waals surface area contributed by atoms with Crippen molar-refractivity contribution in [2.75, 3.05) is 5.32 Å². The molecule has 7 nitrogen and oxygen atoms in total. The Bertz CT molecular complexity index is 1050. The molecule has 28 heavy (non-hydrogen) atoms. The molecule has 0 saturated carbocycles. The van der Waals surface area contributed by atoms with E-state index in [-0.39, 0.29) is 16.3 Å². The highest BCUT2D eigenvalue weighted by atomic mass is 35.5. The van der Waals surface area contributed by atoms with Crippen LogP contribution in [0, 0.1) is 24.0 Å². The van der Waals surface area contributed by atoms with Crippen LogP contribution in [0.15, 0.2) is 54.7 Å². The van der Waals surface area contributed by atoms with Crippen molar-refractivity contribution in [1.82, 2.24) is 4.98 Å². The summed E-state index contributed by atoms with van der Waals surface area (Å²) in [4.78, 5) is 26.8. The first-order valence-corrected chi connectivity index (χ1v) is 8.68. The van der Waals surface area contributed by atoms with E-state index < -0.39 is 10.8 Å². The number of nitrogens with one attached hydrogen (secondary N) is 1. The normalized spacial score (nSPS) is 10.4. The predicted molar refractivity (Wildman–Crippen MR) is 106 cm³/mol. The van der Waals surface area contributed by atoms with Crippen molar-refractivity contribution in [2.45, 2.75) is 13.8 Å². The maximum absolute atomic E-state index is 12.4. The SMILES string of the molecule is Cc1ccc(Oc2ccc(NC(=O)c3cc([N+](=O)[O-])ccc3Cl)cn2)cc1C. The van der Waals surface area contributed by atoms with Gasteiger partial charge < -0.3 is 10.1 Å². The molecule has 0 aliphatic rings. The Kier molecular flexibility index (Phi) is 5.56. The van der Waals surface area contributed by atoms with Crippen LogP contribution < -0.4 is 10.1 Å². The summed E-state index contributed by atoms with van der Waals surface area (Å²) in [6.45, 7) is 4.01. The third kappa shape index (κ3) is 4.44. The molecule has 8 heteroatoms. The van der Waals surface area contributed by atoms with E-state index in [1.807, 2.05) is 32.0 Å². The van der Waals surface area contributed by atoms with Gasteiger partial charge in [0.05, 0.1) is 27.4 Å². The summed E-state index contributed by atoms with van der Waals surface area (Å²) in [6.07, 6.45) is 1.43. The van der Waals surface area contributed by atoms with E-state index in [1.54, 1.807) is 12.1 Å². The van der Waals surface area contributed by atoms with Crippen LogP contribution in [-0.2, 0) is 0 Å². The lowest BCUT2D eigenvalue weighted by Crippen LogP contribution is -2.13. The lowest BCUT2D eigenvalue weighted by molar-refractivity contribution is -0.384. The molecule has 142 valence electrons. The number of benzene rings is 2. The molecule has 0 radical (unpaired) electrons. The molecule has 3 aromatic rings. The Morgan fingerprint density at radius 3 is 2.54 bits per heavy atom. The van der Waals surface area contributed by atoms with Crippen LogP contribution in [0.25, 0.3) is 0 Å². The smallest absolute Gasteiger partial charge is 0.270 e. The Morgan fingerprint density at radius 2 is 1.89 bits per heavy atom. The van der Waals surface area contributed by atoms with E-state index in [4.69, 9.17) is 16.3 Å². The number of anilines is 1. The van der Waals surface area contributed by atoms with Gasteiger partial charge in [-0.3, -0.25) is 14.9 Å². The first-order chi connectivity index (χ1) is 13.3. The number of carbonyl (C=O) groups excluding carboxylic acids is 1. The van der Waals surface area contributed by atoms with Crippen LogP contribution in [0.5, 0.6) is 11.6 Å². The summed E-state index contributed by atoms with van der Waals surface area (Å²) >= 11 is 5.98. The molecular weight excluding hydrogens is 382 g/mol. The summed E-state index contributed by atoms with van der Waals surface area (Å²) in [5.41, 5.74) is 2.46. The van der Waals surface area contributed by atoms with Crippen LogP contribution >= 0.6 is 11.6 Å². The molecule has 0 fully saturated rings. The van der Waals surface area contributed by atoms with E-state index in [1.165, 1.54) is 18.3 Å². The molecule has 0 spiro atoms. The molecule has 0 aliphatic carbocycles. The summed E-state index contributed by atoms with van der Waals surface area (Å²) < 4.78 is 5.70. The van der Waals surface area contributed by atoms with Gasteiger partial charge in [0.15, 0.2) is 0 Å². The number of hydrogen-bond donors (Lipinski definition) is 1. The number of non-ortho nitro benzene ring substituents is 1. The van der Waals surface area contributed by atoms with Gasteiger partial charge in [-0.25, -0.2) is 4.98 Å². The number of halogens is 1. The van der Waals surface area contributed by atoms with Gasteiger partial charge in [0.1, 0.15) is 5.75 Å². The minimum atomic E-state index is -0.590. The highest BCUT2D eigenvalue weighted by molar-refractivity contribution is 6.34. The number of nitro benzene ring substituents is 1. The zero-order chi connectivity index (χ0) is 20.3. The number of ether oxygens (including phenoxy) is 1. The zero-order valence-corrected chi connectivity index (χ0v) is 15.9. The second-order valence-corrected chi connectivity index (χ2v) is 6.52. The van der Waals surface area contributed by atoms with Crippen LogP contribution in [-0.4, -0.2) is 15.8 Å². The van der Waals surface area contributed by atoms with Crippen molar-refractivity contribution in [3.8, 4) is 11.6 Å². The number of carbonyl (C=O) groups is 1. The number of aromatic nitrogens is 1. The molecular formula is C20H16ClN3O4.